The summed E-state index contributed by atoms with van der Waals surface area (Å²) >= 11 is 0. The molecule has 1 aromatic carbocycles. The van der Waals surface area contributed by atoms with Crippen LogP contribution in [-0.2, 0) is 0 Å². The molecule has 1 heterocycles. The Labute approximate surface area is 146 Å². The van der Waals surface area contributed by atoms with Gasteiger partial charge in [-0.3, -0.25) is 4.99 Å². The lowest BCUT2D eigenvalue weighted by molar-refractivity contribution is 0.220. The van der Waals surface area contributed by atoms with Crippen molar-refractivity contribution in [3.05, 3.63) is 35.9 Å². The maximum atomic E-state index is 9.67. The molecule has 0 aromatic heterocycles. The van der Waals surface area contributed by atoms with E-state index in [0.29, 0.717) is 12.5 Å². The molecule has 24 heavy (non-hydrogen) atoms. The second-order valence-electron chi connectivity index (χ2n) is 6.64. The first-order valence-electron chi connectivity index (χ1n) is 9.09. The van der Waals surface area contributed by atoms with Gasteiger partial charge >= 0.3 is 0 Å². The molecule has 1 aliphatic rings. The van der Waals surface area contributed by atoms with Gasteiger partial charge in [0.05, 0.1) is 13.2 Å². The molecule has 0 aliphatic carbocycles. The number of benzene rings is 1. The van der Waals surface area contributed by atoms with Gasteiger partial charge in [0.25, 0.3) is 0 Å². The van der Waals surface area contributed by atoms with Crippen molar-refractivity contribution >= 4 is 5.96 Å². The first kappa shape index (κ1) is 18.7. The highest BCUT2D eigenvalue weighted by molar-refractivity contribution is 5.79. The van der Waals surface area contributed by atoms with Crippen molar-refractivity contribution in [2.75, 3.05) is 46.4 Å². The van der Waals surface area contributed by atoms with Gasteiger partial charge in [-0.05, 0) is 51.4 Å². The van der Waals surface area contributed by atoms with Crippen LogP contribution in [0.1, 0.15) is 31.2 Å². The molecule has 134 valence electrons. The van der Waals surface area contributed by atoms with Crippen LogP contribution in [0.4, 0.5) is 0 Å². The lowest BCUT2D eigenvalue weighted by Crippen LogP contribution is -2.42. The molecule has 0 amide bonds. The SMILES string of the molecule is CCNC(=NCC(CO)c1ccccc1)NCC1CCN(C)CC1. The molecular weight excluding hydrogens is 300 g/mol. The third-order valence-electron chi connectivity index (χ3n) is 4.70. The first-order chi connectivity index (χ1) is 11.7. The third kappa shape index (κ3) is 6.13. The zero-order valence-corrected chi connectivity index (χ0v) is 15.0. The molecule has 5 nitrogen and oxygen atoms in total. The zero-order chi connectivity index (χ0) is 17.2. The maximum absolute atomic E-state index is 9.67. The molecule has 0 radical (unpaired) electrons. The predicted molar refractivity (Wildman–Crippen MR) is 100 cm³/mol. The Hall–Kier alpha value is -1.59. The number of hydrogen-bond acceptors (Lipinski definition) is 3. The highest BCUT2D eigenvalue weighted by Gasteiger charge is 2.17. The van der Waals surface area contributed by atoms with Crippen molar-refractivity contribution in [3.8, 4) is 0 Å². The highest BCUT2D eigenvalue weighted by Crippen LogP contribution is 2.16. The van der Waals surface area contributed by atoms with Crippen molar-refractivity contribution in [1.29, 1.82) is 0 Å². The number of guanidine groups is 1. The van der Waals surface area contributed by atoms with Crippen LogP contribution in [0.15, 0.2) is 35.3 Å². The molecule has 0 spiro atoms. The van der Waals surface area contributed by atoms with Crippen molar-refractivity contribution in [3.63, 3.8) is 0 Å². The molecule has 1 aliphatic heterocycles. The van der Waals surface area contributed by atoms with E-state index < -0.39 is 0 Å². The summed E-state index contributed by atoms with van der Waals surface area (Å²) in [7, 11) is 2.19. The molecular formula is C19H32N4O. The van der Waals surface area contributed by atoms with Gasteiger partial charge in [-0.25, -0.2) is 0 Å². The van der Waals surface area contributed by atoms with Gasteiger partial charge in [0.2, 0.25) is 0 Å². The van der Waals surface area contributed by atoms with E-state index >= 15 is 0 Å². The van der Waals surface area contributed by atoms with Crippen molar-refractivity contribution in [2.45, 2.75) is 25.7 Å². The quantitative estimate of drug-likeness (QED) is 0.525. The number of aliphatic hydroxyl groups is 1. The normalized spacial score (nSPS) is 18.4. The molecule has 1 saturated heterocycles. The number of rotatable bonds is 7. The number of piperidine rings is 1. The van der Waals surface area contributed by atoms with E-state index in [4.69, 9.17) is 0 Å². The second kappa shape index (κ2) is 10.3. The molecule has 1 unspecified atom stereocenters. The number of aliphatic imine (C=N–C) groups is 1. The van der Waals surface area contributed by atoms with Gasteiger partial charge in [0.1, 0.15) is 0 Å². The maximum Gasteiger partial charge on any atom is 0.191 e. The highest BCUT2D eigenvalue weighted by atomic mass is 16.3. The minimum atomic E-state index is 0.0463. The van der Waals surface area contributed by atoms with E-state index in [9.17, 15) is 5.11 Å². The molecule has 3 N–H and O–H groups in total. The summed E-state index contributed by atoms with van der Waals surface area (Å²) in [5, 5.41) is 16.4. The summed E-state index contributed by atoms with van der Waals surface area (Å²) in [4.78, 5) is 7.07. The van der Waals surface area contributed by atoms with E-state index in [-0.39, 0.29) is 12.5 Å². The fourth-order valence-corrected chi connectivity index (χ4v) is 3.04. The van der Waals surface area contributed by atoms with Gasteiger partial charge in [-0.2, -0.15) is 0 Å². The summed E-state index contributed by atoms with van der Waals surface area (Å²) in [6.07, 6.45) is 2.48. The summed E-state index contributed by atoms with van der Waals surface area (Å²) in [6.45, 7) is 6.95. The Morgan fingerprint density at radius 3 is 2.58 bits per heavy atom. The Balaban J connectivity index is 1.87. The number of aliphatic hydroxyl groups excluding tert-OH is 1. The predicted octanol–water partition coefficient (Wildman–Crippen LogP) is 1.66. The standard InChI is InChI=1S/C19H32N4O/c1-3-20-19(21-13-16-9-11-23(2)12-10-16)22-14-18(15-24)17-7-5-4-6-8-17/h4-8,16,18,24H,3,9-15H2,1-2H3,(H2,20,21,22). The van der Waals surface area contributed by atoms with Crippen LogP contribution in [0.5, 0.6) is 0 Å². The lowest BCUT2D eigenvalue weighted by Gasteiger charge is -2.29. The summed E-state index contributed by atoms with van der Waals surface area (Å²) in [6, 6.07) is 10.1. The van der Waals surface area contributed by atoms with Crippen LogP contribution < -0.4 is 10.6 Å². The zero-order valence-electron chi connectivity index (χ0n) is 15.0. The van der Waals surface area contributed by atoms with Crippen molar-refractivity contribution in [1.82, 2.24) is 15.5 Å². The topological polar surface area (TPSA) is 59.9 Å². The van der Waals surface area contributed by atoms with Crippen molar-refractivity contribution < 1.29 is 5.11 Å². The fraction of sp³-hybridized carbons (Fsp3) is 0.632. The largest absolute Gasteiger partial charge is 0.396 e. The summed E-state index contributed by atoms with van der Waals surface area (Å²) in [5.74, 6) is 1.61. The Bertz CT molecular complexity index is 483. The van der Waals surface area contributed by atoms with Crippen LogP contribution in [-0.4, -0.2) is 62.3 Å². The van der Waals surface area contributed by atoms with E-state index in [1.807, 2.05) is 18.2 Å². The van der Waals surface area contributed by atoms with E-state index in [1.54, 1.807) is 0 Å². The van der Waals surface area contributed by atoms with Crippen LogP contribution in [0.2, 0.25) is 0 Å². The molecule has 1 atom stereocenters. The molecule has 1 fully saturated rings. The minimum absolute atomic E-state index is 0.0463. The Kier molecular flexibility index (Phi) is 8.05. The third-order valence-corrected chi connectivity index (χ3v) is 4.70. The summed E-state index contributed by atoms with van der Waals surface area (Å²) in [5.41, 5.74) is 1.13. The molecule has 1 aromatic rings. The van der Waals surface area contributed by atoms with Gasteiger partial charge in [-0.15, -0.1) is 0 Å². The van der Waals surface area contributed by atoms with Crippen LogP contribution in [0.3, 0.4) is 0 Å². The number of nitrogens with zero attached hydrogens (tertiary/aromatic N) is 2. The molecule has 2 rings (SSSR count). The van der Waals surface area contributed by atoms with Crippen LogP contribution in [0, 0.1) is 5.92 Å². The Morgan fingerprint density at radius 2 is 1.96 bits per heavy atom. The molecule has 0 bridgehead atoms. The van der Waals surface area contributed by atoms with E-state index in [1.165, 1.54) is 25.9 Å². The minimum Gasteiger partial charge on any atom is -0.396 e. The van der Waals surface area contributed by atoms with Gasteiger partial charge in [-0.1, -0.05) is 30.3 Å². The number of hydrogen-bond donors (Lipinski definition) is 3. The number of likely N-dealkylation sites (tertiary alicyclic amines) is 1. The van der Waals surface area contributed by atoms with Gasteiger partial charge < -0.3 is 20.6 Å². The first-order valence-corrected chi connectivity index (χ1v) is 9.09. The van der Waals surface area contributed by atoms with Crippen LogP contribution in [0.25, 0.3) is 0 Å². The average Bonchev–Trinajstić information content (AvgIpc) is 2.62. The summed E-state index contributed by atoms with van der Waals surface area (Å²) < 4.78 is 0. The van der Waals surface area contributed by atoms with Gasteiger partial charge in [0.15, 0.2) is 5.96 Å². The van der Waals surface area contributed by atoms with E-state index in [0.717, 1.165) is 24.6 Å². The van der Waals surface area contributed by atoms with E-state index in [2.05, 4.69) is 46.6 Å². The molecule has 0 saturated carbocycles. The lowest BCUT2D eigenvalue weighted by atomic mass is 9.97. The smallest absolute Gasteiger partial charge is 0.191 e. The Morgan fingerprint density at radius 1 is 1.25 bits per heavy atom. The fourth-order valence-electron chi connectivity index (χ4n) is 3.04. The molecule has 5 heteroatoms. The average molecular weight is 332 g/mol. The number of nitrogens with one attached hydrogen (secondary N) is 2. The second-order valence-corrected chi connectivity index (χ2v) is 6.64. The monoisotopic (exact) mass is 332 g/mol. The van der Waals surface area contributed by atoms with Crippen molar-refractivity contribution in [2.24, 2.45) is 10.9 Å². The van der Waals surface area contributed by atoms with Gasteiger partial charge in [0, 0.05) is 19.0 Å². The van der Waals surface area contributed by atoms with Crippen LogP contribution >= 0.6 is 0 Å².